The minimum absolute atomic E-state index is 0.0381. The van der Waals surface area contributed by atoms with Crippen molar-refractivity contribution in [3.05, 3.63) is 30.3 Å². The molecule has 0 saturated carbocycles. The van der Waals surface area contributed by atoms with Crippen LogP contribution in [0.15, 0.2) is 30.3 Å². The molecule has 2 N–H and O–H groups in total. The van der Waals surface area contributed by atoms with Crippen molar-refractivity contribution in [3.63, 3.8) is 0 Å². The van der Waals surface area contributed by atoms with Gasteiger partial charge in [-0.1, -0.05) is 44.4 Å². The first-order valence-electron chi connectivity index (χ1n) is 8.43. The topological polar surface area (TPSA) is 102 Å². The van der Waals surface area contributed by atoms with E-state index in [1.165, 1.54) is 12.1 Å². The summed E-state index contributed by atoms with van der Waals surface area (Å²) in [6, 6.07) is 8.13. The van der Waals surface area contributed by atoms with Gasteiger partial charge in [0.05, 0.1) is 19.6 Å². The van der Waals surface area contributed by atoms with E-state index >= 15 is 0 Å². The molecule has 0 aliphatic heterocycles. The Morgan fingerprint density at radius 2 is 1.84 bits per heavy atom. The number of nitrogens with one attached hydrogen (secondary N) is 1. The lowest BCUT2D eigenvalue weighted by molar-refractivity contribution is -0.144. The van der Waals surface area contributed by atoms with E-state index in [1.54, 1.807) is 18.2 Å². The molecule has 0 aliphatic carbocycles. The summed E-state index contributed by atoms with van der Waals surface area (Å²) in [6.45, 7) is 2.11. The van der Waals surface area contributed by atoms with Gasteiger partial charge in [0.15, 0.2) is 0 Å². The third kappa shape index (κ3) is 10.7. The summed E-state index contributed by atoms with van der Waals surface area (Å²) in [4.78, 5) is 32.9. The van der Waals surface area contributed by atoms with Crippen molar-refractivity contribution in [2.45, 2.75) is 45.4 Å². The zero-order chi connectivity index (χ0) is 18.5. The maximum Gasteiger partial charge on any atom is 0.456 e. The summed E-state index contributed by atoms with van der Waals surface area (Å²) in [7, 11) is -4.13. The van der Waals surface area contributed by atoms with Crippen LogP contribution in [0.2, 0.25) is 0 Å². The molecule has 0 bridgehead atoms. The van der Waals surface area contributed by atoms with Gasteiger partial charge in [-0.3, -0.25) is 9.59 Å². The number of carbonyl (C=O) groups excluding carboxylic acids is 2. The molecule has 0 amide bonds. The number of ether oxygens (including phenoxy) is 1. The standard InChI is InChI=1S/C17H26NO6P/c1-2-3-4-8-13-23-17(20)12-11-15(19)14-18-25(21,22)24-16-9-6-5-7-10-16/h5-7,9-10H,2-4,8,11-14H2,1H3,(H2,18,21,22). The van der Waals surface area contributed by atoms with E-state index < -0.39 is 13.7 Å². The fourth-order valence-electron chi connectivity index (χ4n) is 1.96. The van der Waals surface area contributed by atoms with E-state index in [4.69, 9.17) is 9.26 Å². The molecule has 8 heteroatoms. The molecule has 25 heavy (non-hydrogen) atoms. The highest BCUT2D eigenvalue weighted by atomic mass is 31.2. The Morgan fingerprint density at radius 1 is 1.12 bits per heavy atom. The average molecular weight is 371 g/mol. The summed E-state index contributed by atoms with van der Waals surface area (Å²) >= 11 is 0. The van der Waals surface area contributed by atoms with Gasteiger partial charge in [-0.15, -0.1) is 0 Å². The van der Waals surface area contributed by atoms with Gasteiger partial charge in [0.25, 0.3) is 0 Å². The number of benzene rings is 1. The number of hydrogen-bond acceptors (Lipinski definition) is 5. The molecular formula is C17H26NO6P. The van der Waals surface area contributed by atoms with Crippen LogP contribution < -0.4 is 9.61 Å². The Hall–Kier alpha value is -1.69. The minimum Gasteiger partial charge on any atom is -0.466 e. The van der Waals surface area contributed by atoms with Crippen LogP contribution in [-0.4, -0.2) is 29.8 Å². The molecule has 7 nitrogen and oxygen atoms in total. The van der Waals surface area contributed by atoms with Gasteiger partial charge in [-0.2, -0.15) is 0 Å². The molecule has 0 heterocycles. The lowest BCUT2D eigenvalue weighted by atomic mass is 10.2. The van der Waals surface area contributed by atoms with Crippen molar-refractivity contribution in [1.29, 1.82) is 0 Å². The van der Waals surface area contributed by atoms with Crippen LogP contribution in [0.5, 0.6) is 5.75 Å². The predicted octanol–water partition coefficient (Wildman–Crippen LogP) is 3.23. The molecule has 0 aromatic heterocycles. The van der Waals surface area contributed by atoms with Crippen LogP contribution in [0.1, 0.15) is 45.4 Å². The van der Waals surface area contributed by atoms with Crippen LogP contribution in [0.4, 0.5) is 0 Å². The smallest absolute Gasteiger partial charge is 0.456 e. The molecule has 1 aromatic carbocycles. The molecule has 0 fully saturated rings. The van der Waals surface area contributed by atoms with Crippen LogP contribution in [0, 0.1) is 0 Å². The maximum atomic E-state index is 11.8. The van der Waals surface area contributed by atoms with E-state index in [1.807, 2.05) is 0 Å². The summed E-state index contributed by atoms with van der Waals surface area (Å²) in [5, 5.41) is 2.18. The van der Waals surface area contributed by atoms with Gasteiger partial charge in [-0.05, 0) is 18.6 Å². The van der Waals surface area contributed by atoms with Gasteiger partial charge in [-0.25, -0.2) is 9.65 Å². The summed E-state index contributed by atoms with van der Waals surface area (Å²) < 4.78 is 21.8. The molecule has 1 rings (SSSR count). The second-order valence-electron chi connectivity index (χ2n) is 5.58. The zero-order valence-corrected chi connectivity index (χ0v) is 15.4. The first-order chi connectivity index (χ1) is 11.9. The molecule has 0 radical (unpaired) electrons. The zero-order valence-electron chi connectivity index (χ0n) is 14.5. The fraction of sp³-hybridized carbons (Fsp3) is 0.529. The Bertz CT molecular complexity index is 578. The summed E-state index contributed by atoms with van der Waals surface area (Å²) in [6.07, 6.45) is 3.96. The number of Topliss-reactive ketones (excluding diaryl/α,β-unsaturated/α-hetero) is 1. The van der Waals surface area contributed by atoms with E-state index in [-0.39, 0.29) is 30.9 Å². The number of hydrogen-bond donors (Lipinski definition) is 2. The Balaban J connectivity index is 2.19. The molecule has 1 aromatic rings. The van der Waals surface area contributed by atoms with Crippen LogP contribution >= 0.6 is 7.75 Å². The minimum atomic E-state index is -4.13. The van der Waals surface area contributed by atoms with Crippen LogP contribution in [0.25, 0.3) is 0 Å². The largest absolute Gasteiger partial charge is 0.466 e. The number of rotatable bonds is 13. The number of esters is 1. The molecule has 0 aliphatic rings. The second kappa shape index (κ2) is 11.8. The predicted molar refractivity (Wildman–Crippen MR) is 94.2 cm³/mol. The first kappa shape index (κ1) is 21.4. The fourth-order valence-corrected chi connectivity index (χ4v) is 2.81. The molecule has 140 valence electrons. The van der Waals surface area contributed by atoms with E-state index in [9.17, 15) is 19.0 Å². The molecule has 0 saturated heterocycles. The van der Waals surface area contributed by atoms with E-state index in [0.29, 0.717) is 6.61 Å². The highest BCUT2D eigenvalue weighted by Crippen LogP contribution is 2.37. The van der Waals surface area contributed by atoms with Crippen LogP contribution in [0.3, 0.4) is 0 Å². The molecule has 0 spiro atoms. The molecule has 1 atom stereocenters. The van der Waals surface area contributed by atoms with Crippen LogP contribution in [-0.2, 0) is 18.9 Å². The van der Waals surface area contributed by atoms with Gasteiger partial charge < -0.3 is 14.2 Å². The van der Waals surface area contributed by atoms with Crippen molar-refractivity contribution in [2.24, 2.45) is 0 Å². The Morgan fingerprint density at radius 3 is 2.52 bits per heavy atom. The van der Waals surface area contributed by atoms with Crippen molar-refractivity contribution in [1.82, 2.24) is 5.09 Å². The quantitative estimate of drug-likeness (QED) is 0.312. The number of unbranched alkanes of at least 4 members (excludes halogenated alkanes) is 3. The van der Waals surface area contributed by atoms with Crippen molar-refractivity contribution in [2.75, 3.05) is 13.2 Å². The monoisotopic (exact) mass is 371 g/mol. The second-order valence-corrected chi connectivity index (χ2v) is 7.12. The van der Waals surface area contributed by atoms with Gasteiger partial charge in [0.2, 0.25) is 0 Å². The summed E-state index contributed by atoms with van der Waals surface area (Å²) in [5.41, 5.74) is 0. The van der Waals surface area contributed by atoms with E-state index in [2.05, 4.69) is 12.0 Å². The Labute approximate surface area is 148 Å². The van der Waals surface area contributed by atoms with E-state index in [0.717, 1.165) is 25.7 Å². The van der Waals surface area contributed by atoms with Gasteiger partial charge >= 0.3 is 13.7 Å². The summed E-state index contributed by atoms with van der Waals surface area (Å²) in [5.74, 6) is -0.577. The molecule has 1 unspecified atom stereocenters. The lowest BCUT2D eigenvalue weighted by Gasteiger charge is -2.13. The highest BCUT2D eigenvalue weighted by molar-refractivity contribution is 7.51. The molecular weight excluding hydrogens is 345 g/mol. The van der Waals surface area contributed by atoms with Crippen molar-refractivity contribution >= 4 is 19.5 Å². The Kier molecular flexibility index (Phi) is 10.1. The maximum absolute atomic E-state index is 11.8. The normalized spacial score (nSPS) is 13.0. The first-order valence-corrected chi connectivity index (χ1v) is 10.0. The average Bonchev–Trinajstić information content (AvgIpc) is 2.58. The van der Waals surface area contributed by atoms with Crippen molar-refractivity contribution < 1.29 is 28.3 Å². The number of carbonyl (C=O) groups is 2. The third-order valence-corrected chi connectivity index (χ3v) is 4.33. The highest BCUT2D eigenvalue weighted by Gasteiger charge is 2.22. The van der Waals surface area contributed by atoms with Crippen molar-refractivity contribution in [3.8, 4) is 5.75 Å². The lowest BCUT2D eigenvalue weighted by Crippen LogP contribution is -2.23. The third-order valence-electron chi connectivity index (χ3n) is 3.32. The SMILES string of the molecule is CCCCCCOC(=O)CCC(=O)CNP(=O)(O)Oc1ccccc1. The van der Waals surface area contributed by atoms with Gasteiger partial charge in [0.1, 0.15) is 11.5 Å². The van der Waals surface area contributed by atoms with Gasteiger partial charge in [0, 0.05) is 6.42 Å². The number of ketones is 1. The number of para-hydroxylation sites is 1.